The smallest absolute Gasteiger partial charge is 0.248 e. The molecule has 0 bridgehead atoms. The summed E-state index contributed by atoms with van der Waals surface area (Å²) in [6.07, 6.45) is 5.42. The topological polar surface area (TPSA) is 49.4 Å². The van der Waals surface area contributed by atoms with E-state index in [2.05, 4.69) is 5.32 Å². The molecule has 4 nitrogen and oxygen atoms in total. The standard InChI is InChI=1S/C14H24N2O2/c1-10-8-12(17)15-14(2,3)13(18)16(10)9-11-6-4-5-7-11/h10-11H,4-9H2,1-3H3,(H,15,17). The second-order valence-electron chi connectivity index (χ2n) is 6.33. The Hall–Kier alpha value is -1.06. The monoisotopic (exact) mass is 252 g/mol. The molecule has 2 amide bonds. The Bertz CT molecular complexity index is 346. The normalized spacial score (nSPS) is 29.3. The molecule has 0 radical (unpaired) electrons. The summed E-state index contributed by atoms with van der Waals surface area (Å²) in [5, 5.41) is 2.82. The number of hydrogen-bond donors (Lipinski definition) is 1. The van der Waals surface area contributed by atoms with Gasteiger partial charge in [-0.3, -0.25) is 9.59 Å². The lowest BCUT2D eigenvalue weighted by molar-refractivity contribution is -0.139. The summed E-state index contributed by atoms with van der Waals surface area (Å²) in [6.45, 7) is 6.39. The average molecular weight is 252 g/mol. The van der Waals surface area contributed by atoms with Crippen LogP contribution in [0.1, 0.15) is 52.9 Å². The molecule has 0 aromatic rings. The van der Waals surface area contributed by atoms with Crippen LogP contribution in [0.5, 0.6) is 0 Å². The number of nitrogens with zero attached hydrogens (tertiary/aromatic N) is 1. The molecule has 0 aromatic heterocycles. The number of rotatable bonds is 2. The molecule has 1 atom stereocenters. The van der Waals surface area contributed by atoms with E-state index in [1.54, 1.807) is 13.8 Å². The minimum absolute atomic E-state index is 0.0138. The van der Waals surface area contributed by atoms with Gasteiger partial charge in [-0.1, -0.05) is 12.8 Å². The summed E-state index contributed by atoms with van der Waals surface area (Å²) < 4.78 is 0. The van der Waals surface area contributed by atoms with Gasteiger partial charge < -0.3 is 10.2 Å². The molecule has 0 aromatic carbocycles. The van der Waals surface area contributed by atoms with Crippen LogP contribution in [0.15, 0.2) is 0 Å². The van der Waals surface area contributed by atoms with Gasteiger partial charge in [-0.15, -0.1) is 0 Å². The van der Waals surface area contributed by atoms with Gasteiger partial charge in [0.05, 0.1) is 0 Å². The Morgan fingerprint density at radius 2 is 1.89 bits per heavy atom. The zero-order valence-electron chi connectivity index (χ0n) is 11.7. The van der Waals surface area contributed by atoms with E-state index in [-0.39, 0.29) is 17.9 Å². The van der Waals surface area contributed by atoms with Crippen LogP contribution in [0.2, 0.25) is 0 Å². The maximum atomic E-state index is 12.5. The highest BCUT2D eigenvalue weighted by molar-refractivity contribution is 5.93. The van der Waals surface area contributed by atoms with Crippen molar-refractivity contribution < 1.29 is 9.59 Å². The number of carbonyl (C=O) groups excluding carboxylic acids is 2. The van der Waals surface area contributed by atoms with Crippen molar-refractivity contribution in [3.8, 4) is 0 Å². The molecule has 102 valence electrons. The van der Waals surface area contributed by atoms with Crippen LogP contribution in [0.3, 0.4) is 0 Å². The Labute approximate surface area is 109 Å². The van der Waals surface area contributed by atoms with Gasteiger partial charge in [0.1, 0.15) is 5.54 Å². The van der Waals surface area contributed by atoms with Crippen molar-refractivity contribution in [3.63, 3.8) is 0 Å². The van der Waals surface area contributed by atoms with E-state index in [0.29, 0.717) is 12.3 Å². The molecule has 2 rings (SSSR count). The van der Waals surface area contributed by atoms with Crippen molar-refractivity contribution >= 4 is 11.8 Å². The van der Waals surface area contributed by atoms with Crippen LogP contribution >= 0.6 is 0 Å². The van der Waals surface area contributed by atoms with E-state index >= 15 is 0 Å². The molecule has 1 aliphatic carbocycles. The molecule has 18 heavy (non-hydrogen) atoms. The molecule has 1 unspecified atom stereocenters. The number of hydrogen-bond acceptors (Lipinski definition) is 2. The van der Waals surface area contributed by atoms with Gasteiger partial charge in [-0.05, 0) is 39.5 Å². The lowest BCUT2D eigenvalue weighted by atomic mass is 10.0. The number of nitrogens with one attached hydrogen (secondary N) is 1. The Morgan fingerprint density at radius 3 is 2.50 bits per heavy atom. The van der Waals surface area contributed by atoms with Crippen LogP contribution in [-0.4, -0.2) is 34.8 Å². The highest BCUT2D eigenvalue weighted by Gasteiger charge is 2.40. The molecule has 4 heteroatoms. The molecule has 1 aliphatic heterocycles. The van der Waals surface area contributed by atoms with E-state index in [0.717, 1.165) is 6.54 Å². The summed E-state index contributed by atoms with van der Waals surface area (Å²) in [5.74, 6) is 0.669. The lowest BCUT2D eigenvalue weighted by Gasteiger charge is -2.33. The molecule has 2 aliphatic rings. The van der Waals surface area contributed by atoms with Crippen molar-refractivity contribution in [1.29, 1.82) is 0 Å². The first-order valence-electron chi connectivity index (χ1n) is 7.02. The summed E-state index contributed by atoms with van der Waals surface area (Å²) in [5.41, 5.74) is -0.763. The number of carbonyl (C=O) groups is 2. The van der Waals surface area contributed by atoms with Crippen molar-refractivity contribution in [2.75, 3.05) is 6.54 Å². The summed E-state index contributed by atoms with van der Waals surface area (Å²) in [7, 11) is 0. The van der Waals surface area contributed by atoms with Crippen molar-refractivity contribution in [1.82, 2.24) is 10.2 Å². The first-order valence-corrected chi connectivity index (χ1v) is 7.02. The predicted octanol–water partition coefficient (Wildman–Crippen LogP) is 1.69. The highest BCUT2D eigenvalue weighted by Crippen LogP contribution is 2.28. The van der Waals surface area contributed by atoms with Crippen molar-refractivity contribution in [2.45, 2.75) is 64.5 Å². The first-order chi connectivity index (χ1) is 8.40. The Kier molecular flexibility index (Phi) is 3.64. The van der Waals surface area contributed by atoms with Gasteiger partial charge >= 0.3 is 0 Å². The molecular weight excluding hydrogens is 228 g/mol. The van der Waals surface area contributed by atoms with Crippen molar-refractivity contribution in [2.24, 2.45) is 5.92 Å². The van der Waals surface area contributed by atoms with Crippen LogP contribution in [0, 0.1) is 5.92 Å². The fourth-order valence-corrected chi connectivity index (χ4v) is 3.12. The molecule has 1 saturated heterocycles. The number of amides is 2. The van der Waals surface area contributed by atoms with Crippen LogP contribution < -0.4 is 5.32 Å². The Morgan fingerprint density at radius 1 is 1.28 bits per heavy atom. The minimum Gasteiger partial charge on any atom is -0.342 e. The maximum Gasteiger partial charge on any atom is 0.248 e. The van der Waals surface area contributed by atoms with Gasteiger partial charge in [-0.25, -0.2) is 0 Å². The van der Waals surface area contributed by atoms with Gasteiger partial charge in [0.15, 0.2) is 0 Å². The van der Waals surface area contributed by atoms with E-state index < -0.39 is 5.54 Å². The third-order valence-electron chi connectivity index (χ3n) is 4.19. The predicted molar refractivity (Wildman–Crippen MR) is 70.0 cm³/mol. The highest BCUT2D eigenvalue weighted by atomic mass is 16.2. The van der Waals surface area contributed by atoms with Gasteiger partial charge in [0.2, 0.25) is 11.8 Å². The van der Waals surface area contributed by atoms with Crippen LogP contribution in [-0.2, 0) is 9.59 Å². The molecule has 1 N–H and O–H groups in total. The van der Waals surface area contributed by atoms with Crippen LogP contribution in [0.25, 0.3) is 0 Å². The van der Waals surface area contributed by atoms with E-state index in [4.69, 9.17) is 0 Å². The zero-order chi connectivity index (χ0) is 13.3. The largest absolute Gasteiger partial charge is 0.342 e. The fraction of sp³-hybridized carbons (Fsp3) is 0.857. The average Bonchev–Trinajstić information content (AvgIpc) is 2.73. The maximum absolute atomic E-state index is 12.5. The zero-order valence-corrected chi connectivity index (χ0v) is 11.7. The third-order valence-corrected chi connectivity index (χ3v) is 4.19. The van der Waals surface area contributed by atoms with E-state index in [1.807, 2.05) is 11.8 Å². The summed E-state index contributed by atoms with van der Waals surface area (Å²) in [6, 6.07) is 0.0138. The van der Waals surface area contributed by atoms with E-state index in [9.17, 15) is 9.59 Å². The SMILES string of the molecule is CC1CC(=O)NC(C)(C)C(=O)N1CC1CCCC1. The van der Waals surface area contributed by atoms with Gasteiger partial charge in [0.25, 0.3) is 0 Å². The first kappa shape index (κ1) is 13.4. The fourth-order valence-electron chi connectivity index (χ4n) is 3.12. The second-order valence-corrected chi connectivity index (χ2v) is 6.33. The second kappa shape index (κ2) is 4.90. The van der Waals surface area contributed by atoms with Crippen molar-refractivity contribution in [3.05, 3.63) is 0 Å². The quantitative estimate of drug-likeness (QED) is 0.813. The van der Waals surface area contributed by atoms with Crippen LogP contribution in [0.4, 0.5) is 0 Å². The molecule has 0 spiro atoms. The molecule has 1 heterocycles. The summed E-state index contributed by atoms with van der Waals surface area (Å²) in [4.78, 5) is 26.2. The summed E-state index contributed by atoms with van der Waals surface area (Å²) >= 11 is 0. The molecule has 2 fully saturated rings. The van der Waals surface area contributed by atoms with Gasteiger partial charge in [-0.2, -0.15) is 0 Å². The minimum atomic E-state index is -0.763. The molecule has 1 saturated carbocycles. The molecular formula is C14H24N2O2. The lowest BCUT2D eigenvalue weighted by Crippen LogP contribution is -2.54. The van der Waals surface area contributed by atoms with E-state index in [1.165, 1.54) is 25.7 Å². The van der Waals surface area contributed by atoms with Gasteiger partial charge in [0, 0.05) is 19.0 Å². The third kappa shape index (κ3) is 2.68. The Balaban J connectivity index is 2.13.